The number of carbonyl (C=O) groups is 2. The number of fused-ring (bicyclic) bond motifs is 2. The minimum absolute atomic E-state index is 0.00493. The van der Waals surface area contributed by atoms with E-state index >= 15 is 0 Å². The lowest BCUT2D eigenvalue weighted by molar-refractivity contribution is -0.134. The van der Waals surface area contributed by atoms with Crippen LogP contribution in [0.1, 0.15) is 61.6 Å². The molecule has 2 aliphatic carbocycles. The third-order valence-corrected chi connectivity index (χ3v) is 12.6. The highest BCUT2D eigenvalue weighted by Crippen LogP contribution is 2.48. The van der Waals surface area contributed by atoms with E-state index in [1.54, 1.807) is 6.07 Å². The lowest BCUT2D eigenvalue weighted by Gasteiger charge is -2.37. The van der Waals surface area contributed by atoms with Crippen LogP contribution < -0.4 is 26.6 Å². The molecule has 1 aromatic carbocycles. The summed E-state index contributed by atoms with van der Waals surface area (Å²) in [6.45, 7) is 16.5. The summed E-state index contributed by atoms with van der Waals surface area (Å²) in [5.74, 6) is 1.07. The van der Waals surface area contributed by atoms with Crippen LogP contribution in [-0.2, 0) is 14.3 Å². The number of hydrogen-bond donors (Lipinski definition) is 6. The van der Waals surface area contributed by atoms with Crippen LogP contribution in [-0.4, -0.2) is 118 Å². The number of piperazine rings is 1. The van der Waals surface area contributed by atoms with Crippen LogP contribution in [0.3, 0.4) is 0 Å². The Bertz CT molecular complexity index is 1830. The van der Waals surface area contributed by atoms with Gasteiger partial charge in [-0.05, 0) is 70.9 Å². The number of halogens is 1. The van der Waals surface area contributed by atoms with E-state index in [1.165, 1.54) is 17.5 Å². The normalized spacial score (nSPS) is 24.2. The topological polar surface area (TPSA) is 200 Å². The summed E-state index contributed by atoms with van der Waals surface area (Å²) in [5, 5.41) is 30.4. The molecule has 0 spiro atoms. The van der Waals surface area contributed by atoms with Crippen LogP contribution >= 0.6 is 22.9 Å². The van der Waals surface area contributed by atoms with E-state index in [1.807, 2.05) is 59.7 Å². The Hall–Kier alpha value is -3.48. The molecule has 1 saturated heterocycles. The molecule has 17 heteroatoms. The highest BCUT2D eigenvalue weighted by atomic mass is 35.5. The van der Waals surface area contributed by atoms with Crippen molar-refractivity contribution in [2.45, 2.75) is 77.9 Å². The minimum atomic E-state index is -0.917. The van der Waals surface area contributed by atoms with Gasteiger partial charge in [0, 0.05) is 57.2 Å². The molecule has 15 nitrogen and oxygen atoms in total. The van der Waals surface area contributed by atoms with Gasteiger partial charge in [-0.15, -0.1) is 0 Å². The highest BCUT2D eigenvalue weighted by Gasteiger charge is 2.54. The Morgan fingerprint density at radius 3 is 2.54 bits per heavy atom. The first-order valence-electron chi connectivity index (χ1n) is 19.3. The van der Waals surface area contributed by atoms with Gasteiger partial charge in [-0.1, -0.05) is 42.0 Å². The van der Waals surface area contributed by atoms with Gasteiger partial charge in [0.1, 0.15) is 28.1 Å². The number of aryl methyl sites for hydroxylation is 2. The number of para-hydroxylation sites is 1. The molecule has 3 aromatic rings. The van der Waals surface area contributed by atoms with Crippen molar-refractivity contribution in [3.8, 4) is 0 Å². The van der Waals surface area contributed by atoms with Crippen LogP contribution in [0.4, 0.5) is 22.5 Å². The number of benzene rings is 1. The number of amides is 2. The maximum atomic E-state index is 12.9. The molecular formula is C39H56ClN9O6S. The predicted octanol–water partition coefficient (Wildman–Crippen LogP) is 3.94. The average molecular weight is 814 g/mol. The van der Waals surface area contributed by atoms with Crippen molar-refractivity contribution >= 4 is 57.2 Å². The van der Waals surface area contributed by atoms with E-state index in [-0.39, 0.29) is 35.5 Å². The molecule has 1 aliphatic heterocycles. The smallest absolute Gasteiger partial charge is 0.267 e. The van der Waals surface area contributed by atoms with Crippen molar-refractivity contribution in [1.29, 1.82) is 0 Å². The number of carbonyl (C=O) groups excluding carboxylic acids is 2. The van der Waals surface area contributed by atoms with Crippen LogP contribution in [0.2, 0.25) is 5.02 Å². The van der Waals surface area contributed by atoms with Gasteiger partial charge < -0.3 is 46.3 Å². The zero-order valence-corrected chi connectivity index (χ0v) is 34.6. The van der Waals surface area contributed by atoms with E-state index in [4.69, 9.17) is 31.8 Å². The summed E-state index contributed by atoms with van der Waals surface area (Å²) in [6, 6.07) is 7.36. The van der Waals surface area contributed by atoms with E-state index in [0.29, 0.717) is 65.0 Å². The van der Waals surface area contributed by atoms with Gasteiger partial charge in [-0.25, -0.2) is 15.0 Å². The molecule has 3 aliphatic rings. The Morgan fingerprint density at radius 2 is 1.84 bits per heavy atom. The zero-order valence-electron chi connectivity index (χ0n) is 33.0. The third kappa shape index (κ3) is 10.1. The van der Waals surface area contributed by atoms with Gasteiger partial charge in [-0.2, -0.15) is 0 Å². The van der Waals surface area contributed by atoms with Crippen LogP contribution in [0.5, 0.6) is 0 Å². The lowest BCUT2D eigenvalue weighted by Crippen LogP contribution is -2.52. The molecule has 3 fully saturated rings. The molecule has 56 heavy (non-hydrogen) atoms. The third-order valence-electron chi connectivity index (χ3n) is 11.4. The van der Waals surface area contributed by atoms with Crippen LogP contribution in [0, 0.1) is 37.5 Å². The van der Waals surface area contributed by atoms with Crippen LogP contribution in [0.15, 0.2) is 30.5 Å². The molecule has 0 radical (unpaired) electrons. The Morgan fingerprint density at radius 1 is 1.09 bits per heavy atom. The van der Waals surface area contributed by atoms with E-state index < -0.39 is 23.5 Å². The fourth-order valence-corrected chi connectivity index (χ4v) is 8.61. The van der Waals surface area contributed by atoms with Gasteiger partial charge in [-0.3, -0.25) is 14.5 Å². The Balaban J connectivity index is 0.906. The Kier molecular flexibility index (Phi) is 13.2. The largest absolute Gasteiger partial charge is 0.390 e. The molecule has 3 heterocycles. The highest BCUT2D eigenvalue weighted by molar-refractivity contribution is 7.17. The molecule has 306 valence electrons. The van der Waals surface area contributed by atoms with Crippen molar-refractivity contribution in [1.82, 2.24) is 25.2 Å². The monoisotopic (exact) mass is 813 g/mol. The number of anilines is 4. The van der Waals surface area contributed by atoms with Crippen molar-refractivity contribution in [2.75, 3.05) is 68.0 Å². The average Bonchev–Trinajstić information content (AvgIpc) is 3.88. The predicted molar refractivity (Wildman–Crippen MR) is 217 cm³/mol. The molecule has 2 bridgehead atoms. The maximum Gasteiger partial charge on any atom is 0.267 e. The number of thiazole rings is 1. The van der Waals surface area contributed by atoms with Crippen molar-refractivity contribution in [3.63, 3.8) is 0 Å². The van der Waals surface area contributed by atoms with E-state index in [9.17, 15) is 19.8 Å². The first-order valence-corrected chi connectivity index (χ1v) is 20.5. The van der Waals surface area contributed by atoms with Gasteiger partial charge in [0.25, 0.3) is 5.91 Å². The molecule has 2 aromatic heterocycles. The number of aromatic nitrogens is 3. The summed E-state index contributed by atoms with van der Waals surface area (Å²) >= 11 is 7.52. The molecular weight excluding hydrogens is 758 g/mol. The number of ether oxygens (including phenoxy) is 2. The SMILES string of the molecule is Cc1nc(Nc2ncc(C(=O)Nc3c(C)cccc3Cl)s2)cc(N2CCN(CCOC(C)(N)C(C)COC(C)(C)CNC(=O)C3C[C@H]4C[C@@H]3[C@H](O)[C@@H]4O)CC2)n1. The number of hydrogen-bond acceptors (Lipinski definition) is 14. The zero-order chi connectivity index (χ0) is 40.4. The fourth-order valence-electron chi connectivity index (χ4n) is 7.63. The van der Waals surface area contributed by atoms with E-state index in [2.05, 4.69) is 35.7 Å². The van der Waals surface area contributed by atoms with Crippen LogP contribution in [0.25, 0.3) is 0 Å². The molecule has 2 saturated carbocycles. The number of nitrogens with zero attached hydrogens (tertiary/aromatic N) is 5. The first kappa shape index (κ1) is 42.1. The minimum Gasteiger partial charge on any atom is -0.390 e. The molecule has 7 atom stereocenters. The van der Waals surface area contributed by atoms with Gasteiger partial charge in [0.2, 0.25) is 5.91 Å². The second kappa shape index (κ2) is 17.6. The maximum absolute atomic E-state index is 12.9. The number of nitrogens with two attached hydrogens (primary N) is 1. The summed E-state index contributed by atoms with van der Waals surface area (Å²) < 4.78 is 12.4. The van der Waals surface area contributed by atoms with Crippen molar-refractivity contribution < 1.29 is 29.3 Å². The fraction of sp³-hybridized carbons (Fsp3) is 0.615. The summed E-state index contributed by atoms with van der Waals surface area (Å²) in [7, 11) is 0. The summed E-state index contributed by atoms with van der Waals surface area (Å²) in [6.07, 6.45) is 1.29. The van der Waals surface area contributed by atoms with Gasteiger partial charge >= 0.3 is 0 Å². The van der Waals surface area contributed by atoms with Gasteiger partial charge in [0.15, 0.2) is 5.13 Å². The number of aliphatic hydroxyl groups excluding tert-OH is 2. The number of rotatable bonds is 16. The number of nitrogens with one attached hydrogen (secondary N) is 3. The summed E-state index contributed by atoms with van der Waals surface area (Å²) in [5.41, 5.74) is 6.52. The lowest BCUT2D eigenvalue weighted by atomic mass is 9.84. The van der Waals surface area contributed by atoms with Crippen molar-refractivity contribution in [2.24, 2.45) is 29.4 Å². The second-order valence-corrected chi connectivity index (χ2v) is 17.7. The first-order chi connectivity index (χ1) is 26.5. The molecule has 2 amide bonds. The van der Waals surface area contributed by atoms with Gasteiger partial charge in [0.05, 0.1) is 47.9 Å². The quantitative estimate of drug-likeness (QED) is 0.114. The molecule has 6 rings (SSSR count). The van der Waals surface area contributed by atoms with E-state index in [0.717, 1.165) is 44.1 Å². The molecule has 3 unspecified atom stereocenters. The second-order valence-electron chi connectivity index (χ2n) is 16.2. The molecule has 7 N–H and O–H groups in total. The standard InChI is InChI=1S/C39H56ClN9O6S/c1-22-8-7-9-28(40)32(22)47-36(53)29-19-42-37(56-29)46-30-18-31(45-24(3)44-30)49-12-10-48(11-13-49)14-15-54-39(6,41)23(2)20-55-38(4,5)21-43-35(52)27-17-25-16-26(27)34(51)33(25)50/h7-9,18-19,23,25-27,33-34,50-51H,10-17,20-21,41H2,1-6H3,(H,43,52)(H,47,53)(H,42,44,45,46)/t23?,25-,26+,27?,33-,34+,39?/m1/s1. The number of aliphatic hydroxyl groups is 2. The van der Waals surface area contributed by atoms with Crippen molar-refractivity contribution in [3.05, 3.63) is 51.7 Å². The Labute approximate surface area is 337 Å². The summed E-state index contributed by atoms with van der Waals surface area (Å²) in [4.78, 5) is 44.5.